The molecule has 0 aliphatic rings. The standard InChI is InChI=1S/C16H16BrNO/c1-12-4-2-3-5-13(12)6-9-16(19)10-15-8-7-14(17)11-18-15/h2-5,7-8,11H,6,9-10H2,1H3. The van der Waals surface area contributed by atoms with Gasteiger partial charge in [0, 0.05) is 29.2 Å². The molecule has 19 heavy (non-hydrogen) atoms. The summed E-state index contributed by atoms with van der Waals surface area (Å²) >= 11 is 3.33. The van der Waals surface area contributed by atoms with Gasteiger partial charge in [0.05, 0.1) is 0 Å². The van der Waals surface area contributed by atoms with Gasteiger partial charge in [-0.1, -0.05) is 24.3 Å². The minimum Gasteiger partial charge on any atom is -0.299 e. The van der Waals surface area contributed by atoms with Gasteiger partial charge in [0.2, 0.25) is 0 Å². The molecule has 0 bridgehead atoms. The smallest absolute Gasteiger partial charge is 0.139 e. The van der Waals surface area contributed by atoms with Crippen molar-refractivity contribution in [3.05, 3.63) is 63.9 Å². The molecule has 1 aromatic carbocycles. The zero-order valence-electron chi connectivity index (χ0n) is 10.9. The fourth-order valence-electron chi connectivity index (χ4n) is 1.97. The molecule has 0 spiro atoms. The van der Waals surface area contributed by atoms with Crippen molar-refractivity contribution in [2.45, 2.75) is 26.2 Å². The molecule has 0 amide bonds. The van der Waals surface area contributed by atoms with E-state index in [-0.39, 0.29) is 5.78 Å². The van der Waals surface area contributed by atoms with Crippen LogP contribution in [0, 0.1) is 6.92 Å². The van der Waals surface area contributed by atoms with Crippen molar-refractivity contribution in [3.63, 3.8) is 0 Å². The lowest BCUT2D eigenvalue weighted by Gasteiger charge is -2.05. The molecule has 0 radical (unpaired) electrons. The first-order valence-electron chi connectivity index (χ1n) is 6.32. The second-order valence-electron chi connectivity index (χ2n) is 4.61. The summed E-state index contributed by atoms with van der Waals surface area (Å²) in [5, 5.41) is 0. The van der Waals surface area contributed by atoms with E-state index < -0.39 is 0 Å². The van der Waals surface area contributed by atoms with Crippen LogP contribution in [0.4, 0.5) is 0 Å². The Balaban J connectivity index is 1.88. The molecule has 2 nitrogen and oxygen atoms in total. The van der Waals surface area contributed by atoms with Crippen molar-refractivity contribution in [3.8, 4) is 0 Å². The van der Waals surface area contributed by atoms with Gasteiger partial charge < -0.3 is 0 Å². The van der Waals surface area contributed by atoms with E-state index in [0.29, 0.717) is 12.8 Å². The van der Waals surface area contributed by atoms with Gasteiger partial charge in [-0.2, -0.15) is 0 Å². The van der Waals surface area contributed by atoms with Crippen molar-refractivity contribution in [1.29, 1.82) is 0 Å². The molecule has 2 rings (SSSR count). The van der Waals surface area contributed by atoms with Gasteiger partial charge in [0.25, 0.3) is 0 Å². The third kappa shape index (κ3) is 4.28. The predicted molar refractivity (Wildman–Crippen MR) is 80.1 cm³/mol. The first-order valence-corrected chi connectivity index (χ1v) is 7.11. The maximum atomic E-state index is 11.9. The molecule has 1 aromatic heterocycles. The number of hydrogen-bond donors (Lipinski definition) is 0. The van der Waals surface area contributed by atoms with Crippen LogP contribution in [-0.2, 0) is 17.6 Å². The van der Waals surface area contributed by atoms with Crippen LogP contribution >= 0.6 is 15.9 Å². The third-order valence-corrected chi connectivity index (χ3v) is 3.57. The first kappa shape index (κ1) is 13.9. The van der Waals surface area contributed by atoms with E-state index in [1.807, 2.05) is 24.3 Å². The number of aromatic nitrogens is 1. The highest BCUT2D eigenvalue weighted by molar-refractivity contribution is 9.10. The molecule has 0 atom stereocenters. The third-order valence-electron chi connectivity index (χ3n) is 3.10. The number of rotatable bonds is 5. The van der Waals surface area contributed by atoms with E-state index in [1.54, 1.807) is 6.20 Å². The second-order valence-corrected chi connectivity index (χ2v) is 5.53. The summed E-state index contributed by atoms with van der Waals surface area (Å²) in [6.45, 7) is 2.08. The summed E-state index contributed by atoms with van der Waals surface area (Å²) in [5.74, 6) is 0.234. The van der Waals surface area contributed by atoms with Gasteiger partial charge >= 0.3 is 0 Å². The van der Waals surface area contributed by atoms with Gasteiger partial charge in [-0.25, -0.2) is 0 Å². The topological polar surface area (TPSA) is 30.0 Å². The Labute approximate surface area is 122 Å². The second kappa shape index (κ2) is 6.62. The Bertz CT molecular complexity index is 563. The summed E-state index contributed by atoms with van der Waals surface area (Å²) in [4.78, 5) is 16.2. The largest absolute Gasteiger partial charge is 0.299 e. The number of carbonyl (C=O) groups excluding carboxylic acids is 1. The highest BCUT2D eigenvalue weighted by Crippen LogP contribution is 2.12. The number of halogens is 1. The molecule has 98 valence electrons. The molecule has 0 aliphatic heterocycles. The number of Topliss-reactive ketones (excluding diaryl/α,β-unsaturated/α-hetero) is 1. The lowest BCUT2D eigenvalue weighted by atomic mass is 10.0. The van der Waals surface area contributed by atoms with E-state index in [4.69, 9.17) is 0 Å². The summed E-state index contributed by atoms with van der Waals surface area (Å²) in [5.41, 5.74) is 3.33. The predicted octanol–water partition coefficient (Wildman–Crippen LogP) is 3.90. The first-order chi connectivity index (χ1) is 9.15. The number of hydrogen-bond acceptors (Lipinski definition) is 2. The Hall–Kier alpha value is -1.48. The molecular formula is C16H16BrNO. The number of carbonyl (C=O) groups is 1. The quantitative estimate of drug-likeness (QED) is 0.837. The zero-order chi connectivity index (χ0) is 13.7. The molecule has 0 fully saturated rings. The summed E-state index contributed by atoms with van der Waals surface area (Å²) in [7, 11) is 0. The molecule has 0 saturated carbocycles. The van der Waals surface area contributed by atoms with Crippen molar-refractivity contribution in [2.24, 2.45) is 0 Å². The maximum Gasteiger partial charge on any atom is 0.139 e. The summed E-state index contributed by atoms with van der Waals surface area (Å²) in [6, 6.07) is 12.0. The molecule has 1 heterocycles. The average Bonchev–Trinajstić information content (AvgIpc) is 2.40. The Morgan fingerprint density at radius 1 is 1.21 bits per heavy atom. The molecule has 0 saturated heterocycles. The van der Waals surface area contributed by atoms with Gasteiger partial charge in [-0.05, 0) is 52.5 Å². The van der Waals surface area contributed by atoms with Gasteiger partial charge in [-0.3, -0.25) is 9.78 Å². The molecule has 2 aromatic rings. The number of benzene rings is 1. The highest BCUT2D eigenvalue weighted by atomic mass is 79.9. The summed E-state index contributed by atoms with van der Waals surface area (Å²) < 4.78 is 0.934. The normalized spacial score (nSPS) is 10.4. The van der Waals surface area contributed by atoms with Crippen LogP contribution in [0.15, 0.2) is 47.1 Å². The fourth-order valence-corrected chi connectivity index (χ4v) is 2.20. The minimum absolute atomic E-state index is 0.234. The van der Waals surface area contributed by atoms with Gasteiger partial charge in [0.15, 0.2) is 0 Å². The number of nitrogens with zero attached hydrogens (tertiary/aromatic N) is 1. The summed E-state index contributed by atoms with van der Waals surface area (Å²) in [6.07, 6.45) is 3.52. The average molecular weight is 318 g/mol. The maximum absolute atomic E-state index is 11.9. The van der Waals surface area contributed by atoms with Crippen molar-refractivity contribution >= 4 is 21.7 Å². The highest BCUT2D eigenvalue weighted by Gasteiger charge is 2.06. The van der Waals surface area contributed by atoms with E-state index in [1.165, 1.54) is 11.1 Å². The fraction of sp³-hybridized carbons (Fsp3) is 0.250. The van der Waals surface area contributed by atoms with Crippen molar-refractivity contribution < 1.29 is 4.79 Å². The Morgan fingerprint density at radius 2 is 2.00 bits per heavy atom. The van der Waals surface area contributed by atoms with E-state index in [0.717, 1.165) is 16.6 Å². The van der Waals surface area contributed by atoms with Crippen LogP contribution in [0.2, 0.25) is 0 Å². The minimum atomic E-state index is 0.234. The van der Waals surface area contributed by atoms with Crippen LogP contribution in [0.25, 0.3) is 0 Å². The SMILES string of the molecule is Cc1ccccc1CCC(=O)Cc1ccc(Br)cn1. The van der Waals surface area contributed by atoms with E-state index >= 15 is 0 Å². The van der Waals surface area contributed by atoms with Gasteiger partial charge in [0.1, 0.15) is 5.78 Å². The van der Waals surface area contributed by atoms with Crippen LogP contribution in [0.1, 0.15) is 23.2 Å². The molecule has 0 N–H and O–H groups in total. The van der Waals surface area contributed by atoms with Gasteiger partial charge in [-0.15, -0.1) is 0 Å². The number of pyridine rings is 1. The van der Waals surface area contributed by atoms with Crippen LogP contribution < -0.4 is 0 Å². The lowest BCUT2D eigenvalue weighted by Crippen LogP contribution is -2.06. The molecule has 0 unspecified atom stereocenters. The lowest BCUT2D eigenvalue weighted by molar-refractivity contribution is -0.118. The zero-order valence-corrected chi connectivity index (χ0v) is 12.5. The molecule has 3 heteroatoms. The molecular weight excluding hydrogens is 302 g/mol. The monoisotopic (exact) mass is 317 g/mol. The number of ketones is 1. The van der Waals surface area contributed by atoms with Crippen molar-refractivity contribution in [2.75, 3.05) is 0 Å². The van der Waals surface area contributed by atoms with Crippen LogP contribution in [-0.4, -0.2) is 10.8 Å². The van der Waals surface area contributed by atoms with Crippen LogP contribution in [0.3, 0.4) is 0 Å². The van der Waals surface area contributed by atoms with E-state index in [2.05, 4.69) is 40.0 Å². The number of aryl methyl sites for hydroxylation is 2. The Morgan fingerprint density at radius 3 is 2.68 bits per heavy atom. The van der Waals surface area contributed by atoms with E-state index in [9.17, 15) is 4.79 Å². The van der Waals surface area contributed by atoms with Crippen molar-refractivity contribution in [1.82, 2.24) is 4.98 Å². The molecule has 0 aliphatic carbocycles. The Kier molecular flexibility index (Phi) is 4.86. The van der Waals surface area contributed by atoms with Crippen LogP contribution in [0.5, 0.6) is 0 Å².